The fraction of sp³-hybridized carbons (Fsp3) is 0.478. The van der Waals surface area contributed by atoms with Gasteiger partial charge in [0, 0.05) is 24.0 Å². The highest BCUT2D eigenvalue weighted by Gasteiger charge is 2.33. The predicted octanol–water partition coefficient (Wildman–Crippen LogP) is 4.65. The number of halogens is 4. The summed E-state index contributed by atoms with van der Waals surface area (Å²) in [5, 5.41) is 0. The van der Waals surface area contributed by atoms with E-state index in [-0.39, 0.29) is 29.5 Å². The Morgan fingerprint density at radius 2 is 1.82 bits per heavy atom. The number of carbonyl (C=O) groups excluding carboxylic acids is 1. The number of nitrogens with two attached hydrogens (primary N) is 1. The van der Waals surface area contributed by atoms with E-state index < -0.39 is 40.8 Å². The van der Waals surface area contributed by atoms with E-state index >= 15 is 0 Å². The first-order chi connectivity index (χ1) is 15.6. The van der Waals surface area contributed by atoms with E-state index in [9.17, 15) is 31.1 Å². The molecule has 2 atom stereocenters. The molecule has 188 valence electrons. The lowest BCUT2D eigenvalue weighted by Gasteiger charge is -2.23. The van der Waals surface area contributed by atoms with Gasteiger partial charge in [-0.25, -0.2) is 9.37 Å². The summed E-state index contributed by atoms with van der Waals surface area (Å²) in [5.74, 6) is -2.51. The Balaban J connectivity index is 2.32. The van der Waals surface area contributed by atoms with E-state index in [0.717, 1.165) is 12.1 Å². The maximum absolute atomic E-state index is 14.5. The van der Waals surface area contributed by atoms with Gasteiger partial charge in [0.15, 0.2) is 0 Å². The Labute approximate surface area is 199 Å². The van der Waals surface area contributed by atoms with Gasteiger partial charge in [0.2, 0.25) is 5.91 Å². The summed E-state index contributed by atoms with van der Waals surface area (Å²) in [6, 6.07) is 5.93. The normalized spacial score (nSPS) is 14.0. The summed E-state index contributed by atoms with van der Waals surface area (Å²) < 4.78 is 76.9. The molecule has 0 aliphatic heterocycles. The van der Waals surface area contributed by atoms with E-state index in [0.29, 0.717) is 28.4 Å². The molecule has 0 radical (unpaired) electrons. The third kappa shape index (κ3) is 7.49. The molecule has 0 aliphatic rings. The molecule has 11 heteroatoms. The summed E-state index contributed by atoms with van der Waals surface area (Å²) in [4.78, 5) is 16.0. The zero-order valence-electron chi connectivity index (χ0n) is 19.4. The lowest BCUT2D eigenvalue weighted by molar-refractivity contribution is -0.141. The van der Waals surface area contributed by atoms with Gasteiger partial charge in [-0.2, -0.15) is 13.2 Å². The van der Waals surface area contributed by atoms with Crippen LogP contribution in [0.25, 0.3) is 0 Å². The first-order valence-corrected chi connectivity index (χ1v) is 11.6. The van der Waals surface area contributed by atoms with Gasteiger partial charge in [-0.15, -0.1) is 0 Å². The minimum Gasteiger partial charge on any atom is -0.755 e. The third-order valence-corrected chi connectivity index (χ3v) is 6.10. The van der Waals surface area contributed by atoms with Crippen LogP contribution in [0.4, 0.5) is 23.2 Å². The highest BCUT2D eigenvalue weighted by atomic mass is 32.2. The fourth-order valence-corrected chi connectivity index (χ4v) is 3.78. The standard InChI is InChI=1S/C23H29F4N3O3S/c1-22(2,3)12-11-18-14(7-10-20(29-18)23(25,26)27)5-8-16(21(28)31)15-6-9-19(17(24)13-15)30(4)34(32)33/h6-7,9-10,13,16H,5,8,11-12H2,1-4H3,(H2,28,31)(H,32,33)/p-1. The van der Waals surface area contributed by atoms with Crippen molar-refractivity contribution in [3.8, 4) is 0 Å². The first kappa shape index (κ1) is 27.7. The number of hydrogen-bond donors (Lipinski definition) is 1. The molecule has 0 bridgehead atoms. The zero-order valence-corrected chi connectivity index (χ0v) is 20.2. The molecular weight excluding hydrogens is 474 g/mol. The molecule has 1 aromatic carbocycles. The van der Waals surface area contributed by atoms with Gasteiger partial charge in [0.25, 0.3) is 0 Å². The van der Waals surface area contributed by atoms with Crippen LogP contribution in [0.15, 0.2) is 30.3 Å². The van der Waals surface area contributed by atoms with Crippen LogP contribution >= 0.6 is 0 Å². The number of alkyl halides is 3. The zero-order chi connectivity index (χ0) is 25.8. The lowest BCUT2D eigenvalue weighted by Crippen LogP contribution is -2.24. The van der Waals surface area contributed by atoms with Crippen molar-refractivity contribution >= 4 is 22.9 Å². The van der Waals surface area contributed by atoms with Crippen molar-refractivity contribution in [1.29, 1.82) is 0 Å². The molecule has 2 rings (SSSR count). The molecule has 1 aromatic heterocycles. The minimum atomic E-state index is -4.58. The third-order valence-electron chi connectivity index (χ3n) is 5.45. The monoisotopic (exact) mass is 502 g/mol. The number of benzene rings is 1. The molecule has 0 saturated heterocycles. The number of amides is 1. The van der Waals surface area contributed by atoms with Crippen molar-refractivity contribution in [3.05, 3.63) is 58.7 Å². The molecule has 2 N–H and O–H groups in total. The largest absolute Gasteiger partial charge is 0.755 e. The average Bonchev–Trinajstić information content (AvgIpc) is 2.70. The van der Waals surface area contributed by atoms with Crippen LogP contribution in [-0.4, -0.2) is 26.7 Å². The number of hydrogen-bond acceptors (Lipinski definition) is 4. The Morgan fingerprint density at radius 3 is 2.32 bits per heavy atom. The molecule has 34 heavy (non-hydrogen) atoms. The molecule has 2 unspecified atom stereocenters. The van der Waals surface area contributed by atoms with E-state index in [1.54, 1.807) is 0 Å². The number of aryl methyl sites for hydroxylation is 2. The summed E-state index contributed by atoms with van der Waals surface area (Å²) in [5.41, 5.74) is 5.33. The molecule has 1 amide bonds. The Kier molecular flexibility index (Phi) is 8.81. The average molecular weight is 503 g/mol. The molecule has 0 aliphatic carbocycles. The maximum atomic E-state index is 14.5. The molecule has 6 nitrogen and oxygen atoms in total. The van der Waals surface area contributed by atoms with Crippen LogP contribution in [0, 0.1) is 11.2 Å². The van der Waals surface area contributed by atoms with Crippen molar-refractivity contribution in [2.75, 3.05) is 11.4 Å². The Hall–Kier alpha value is -2.53. The van der Waals surface area contributed by atoms with Crippen molar-refractivity contribution in [2.24, 2.45) is 11.1 Å². The van der Waals surface area contributed by atoms with Gasteiger partial charge in [0.05, 0.1) is 11.6 Å². The Morgan fingerprint density at radius 1 is 1.18 bits per heavy atom. The number of anilines is 1. The van der Waals surface area contributed by atoms with Crippen LogP contribution in [0.1, 0.15) is 62.0 Å². The SMILES string of the molecule is CN(c1ccc(C(CCc2ccc(C(F)(F)F)nc2CCC(C)(C)C)C(N)=O)cc1F)S(=O)[O-]. The van der Waals surface area contributed by atoms with Crippen LogP contribution < -0.4 is 10.0 Å². The van der Waals surface area contributed by atoms with Crippen molar-refractivity contribution in [1.82, 2.24) is 4.98 Å². The Bertz CT molecular complexity index is 1050. The molecule has 0 spiro atoms. The van der Waals surface area contributed by atoms with Crippen molar-refractivity contribution < 1.29 is 31.1 Å². The summed E-state index contributed by atoms with van der Waals surface area (Å²) in [6.07, 6.45) is -3.33. The number of aromatic nitrogens is 1. The number of pyridine rings is 1. The molecular formula is C23H28F4N3O3S-. The van der Waals surface area contributed by atoms with Crippen LogP contribution in [0.3, 0.4) is 0 Å². The number of carbonyl (C=O) groups is 1. The lowest BCUT2D eigenvalue weighted by atomic mass is 9.87. The highest BCUT2D eigenvalue weighted by Crippen LogP contribution is 2.32. The number of primary amides is 1. The molecule has 2 aromatic rings. The maximum Gasteiger partial charge on any atom is 0.433 e. The highest BCUT2D eigenvalue weighted by molar-refractivity contribution is 7.80. The second-order valence-electron chi connectivity index (χ2n) is 9.28. The molecule has 1 heterocycles. The molecule has 0 saturated carbocycles. The van der Waals surface area contributed by atoms with Gasteiger partial charge in [-0.05, 0) is 60.4 Å². The summed E-state index contributed by atoms with van der Waals surface area (Å²) in [6.45, 7) is 5.92. The molecule has 0 fully saturated rings. The second kappa shape index (κ2) is 10.8. The minimum absolute atomic E-state index is 0.118. The van der Waals surface area contributed by atoms with Gasteiger partial charge >= 0.3 is 6.18 Å². The topological polar surface area (TPSA) is 99.4 Å². The first-order valence-electron chi connectivity index (χ1n) is 10.6. The summed E-state index contributed by atoms with van der Waals surface area (Å²) in [7, 11) is 1.17. The van der Waals surface area contributed by atoms with Crippen molar-refractivity contribution in [2.45, 2.75) is 58.5 Å². The van der Waals surface area contributed by atoms with Crippen LogP contribution in [0.5, 0.6) is 0 Å². The fourth-order valence-electron chi connectivity index (χ4n) is 3.47. The second-order valence-corrected chi connectivity index (χ2v) is 10.3. The van der Waals surface area contributed by atoms with Gasteiger partial charge < -0.3 is 14.6 Å². The van der Waals surface area contributed by atoms with Gasteiger partial charge in [0.1, 0.15) is 11.5 Å². The van der Waals surface area contributed by atoms with Crippen LogP contribution in [-0.2, 0) is 35.1 Å². The van der Waals surface area contributed by atoms with E-state index in [2.05, 4.69) is 4.98 Å². The van der Waals surface area contributed by atoms with Crippen LogP contribution in [0.2, 0.25) is 0 Å². The van der Waals surface area contributed by atoms with Gasteiger partial charge in [-0.1, -0.05) is 32.9 Å². The van der Waals surface area contributed by atoms with E-state index in [1.807, 2.05) is 20.8 Å². The van der Waals surface area contributed by atoms with Crippen molar-refractivity contribution in [3.63, 3.8) is 0 Å². The smallest absolute Gasteiger partial charge is 0.433 e. The quantitative estimate of drug-likeness (QED) is 0.399. The number of rotatable bonds is 9. The predicted molar refractivity (Wildman–Crippen MR) is 121 cm³/mol. The van der Waals surface area contributed by atoms with Gasteiger partial charge in [-0.3, -0.25) is 9.00 Å². The van der Waals surface area contributed by atoms with E-state index in [4.69, 9.17) is 5.73 Å². The number of nitrogens with zero attached hydrogens (tertiary/aromatic N) is 2. The van der Waals surface area contributed by atoms with E-state index in [1.165, 1.54) is 25.2 Å². The summed E-state index contributed by atoms with van der Waals surface area (Å²) >= 11 is -2.68.